The molecule has 3 nitrogen and oxygen atoms in total. The summed E-state index contributed by atoms with van der Waals surface area (Å²) in [7, 11) is 0. The Morgan fingerprint density at radius 2 is 1.14 bits per heavy atom. The normalized spacial score (nSPS) is 13.5. The van der Waals surface area contributed by atoms with Gasteiger partial charge in [-0.25, -0.2) is 9.97 Å². The third-order valence-electron chi connectivity index (χ3n) is 10.5. The Bertz CT molecular complexity index is 2690. The van der Waals surface area contributed by atoms with Crippen LogP contribution in [-0.4, -0.2) is 15.0 Å². The average molecular weight is 640 g/mol. The predicted octanol–water partition coefficient (Wildman–Crippen LogP) is 11.9. The highest BCUT2D eigenvalue weighted by atomic mass is 14.9. The molecule has 6 aromatic carbocycles. The summed E-state index contributed by atoms with van der Waals surface area (Å²) in [6, 6.07) is 43.3. The van der Waals surface area contributed by atoms with Crippen molar-refractivity contribution >= 4 is 44.5 Å². The van der Waals surface area contributed by atoms with E-state index in [4.69, 9.17) is 15.0 Å². The molecule has 0 fully saturated rings. The van der Waals surface area contributed by atoms with Gasteiger partial charge in [-0.15, -0.1) is 0 Å². The van der Waals surface area contributed by atoms with Crippen LogP contribution >= 0.6 is 0 Å². The number of benzene rings is 6. The van der Waals surface area contributed by atoms with Crippen LogP contribution in [0.4, 0.5) is 0 Å². The molecule has 0 N–H and O–H groups in total. The molecule has 2 aromatic heterocycles. The Labute approximate surface area is 291 Å². The molecular weight excluding hydrogens is 607 g/mol. The van der Waals surface area contributed by atoms with Crippen LogP contribution in [0.5, 0.6) is 0 Å². The molecule has 0 unspecified atom stereocenters. The van der Waals surface area contributed by atoms with E-state index in [9.17, 15) is 0 Å². The Morgan fingerprint density at radius 3 is 1.98 bits per heavy atom. The van der Waals surface area contributed by atoms with Gasteiger partial charge < -0.3 is 0 Å². The molecule has 0 atom stereocenters. The summed E-state index contributed by atoms with van der Waals surface area (Å²) in [5.74, 6) is 0.723. The molecule has 3 heteroatoms. The van der Waals surface area contributed by atoms with Crippen molar-refractivity contribution in [1.82, 2.24) is 15.0 Å². The first-order chi connectivity index (χ1) is 24.8. The van der Waals surface area contributed by atoms with E-state index in [0.29, 0.717) is 0 Å². The van der Waals surface area contributed by atoms with E-state index in [1.54, 1.807) is 0 Å². The first-order valence-electron chi connectivity index (χ1n) is 17.6. The molecule has 0 saturated carbocycles. The van der Waals surface area contributed by atoms with E-state index in [2.05, 4.69) is 146 Å². The van der Waals surface area contributed by atoms with E-state index in [1.165, 1.54) is 54.7 Å². The lowest BCUT2D eigenvalue weighted by atomic mass is 9.82. The second-order valence-corrected chi connectivity index (χ2v) is 13.4. The molecule has 2 heterocycles. The van der Waals surface area contributed by atoms with E-state index in [0.717, 1.165) is 70.7 Å². The molecule has 0 radical (unpaired) electrons. The maximum Gasteiger partial charge on any atom is 0.160 e. The summed E-state index contributed by atoms with van der Waals surface area (Å²) < 4.78 is 0. The first-order valence-corrected chi connectivity index (χ1v) is 17.6. The van der Waals surface area contributed by atoms with Crippen LogP contribution in [-0.2, 0) is 12.8 Å². The summed E-state index contributed by atoms with van der Waals surface area (Å²) in [5.41, 5.74) is 12.8. The zero-order chi connectivity index (χ0) is 33.0. The lowest BCUT2D eigenvalue weighted by molar-refractivity contribution is 0.938. The summed E-state index contributed by atoms with van der Waals surface area (Å²) in [6.45, 7) is 0. The predicted molar refractivity (Wildman–Crippen MR) is 209 cm³/mol. The SMILES string of the molecule is C1=Cc2cc(-c3cc(-c4cc5ccccc5c5ccccc45)nc(-c4ccc(-c5nccc6ccccc56)cc4)n3)c3c(c2CC1)C=CCC3. The van der Waals surface area contributed by atoms with Crippen molar-refractivity contribution in [3.8, 4) is 45.2 Å². The molecule has 50 heavy (non-hydrogen) atoms. The Balaban J connectivity index is 1.20. The molecule has 0 spiro atoms. The van der Waals surface area contributed by atoms with E-state index < -0.39 is 0 Å². The van der Waals surface area contributed by atoms with Gasteiger partial charge in [0.1, 0.15) is 0 Å². The van der Waals surface area contributed by atoms with Crippen molar-refractivity contribution in [2.24, 2.45) is 0 Å². The largest absolute Gasteiger partial charge is 0.256 e. The van der Waals surface area contributed by atoms with Crippen LogP contribution in [0.3, 0.4) is 0 Å². The number of rotatable bonds is 4. The Morgan fingerprint density at radius 1 is 0.480 bits per heavy atom. The quantitative estimate of drug-likeness (QED) is 0.180. The molecule has 2 aliphatic carbocycles. The van der Waals surface area contributed by atoms with Gasteiger partial charge in [0, 0.05) is 33.8 Å². The number of hydrogen-bond acceptors (Lipinski definition) is 3. The number of pyridine rings is 1. The van der Waals surface area contributed by atoms with Crippen molar-refractivity contribution in [2.45, 2.75) is 25.7 Å². The van der Waals surface area contributed by atoms with Crippen molar-refractivity contribution < 1.29 is 0 Å². The van der Waals surface area contributed by atoms with Crippen LogP contribution < -0.4 is 0 Å². The minimum Gasteiger partial charge on any atom is -0.256 e. The van der Waals surface area contributed by atoms with Crippen LogP contribution in [0.1, 0.15) is 35.1 Å². The van der Waals surface area contributed by atoms with Gasteiger partial charge in [-0.05, 0) is 99.1 Å². The van der Waals surface area contributed by atoms with E-state index in [1.807, 2.05) is 6.20 Å². The lowest BCUT2D eigenvalue weighted by Gasteiger charge is -2.23. The maximum atomic E-state index is 5.38. The number of fused-ring (bicyclic) bond motifs is 7. The monoisotopic (exact) mass is 639 g/mol. The summed E-state index contributed by atoms with van der Waals surface area (Å²) >= 11 is 0. The van der Waals surface area contributed by atoms with E-state index >= 15 is 0 Å². The standard InChI is InChI=1S/C47H33N3/c1-6-16-37-30(11-1)25-26-48-46(37)31-21-23-32(24-22-31)47-49-44(42-27-33-12-2-4-14-35(33)38-17-7-9-19-40(38)42)29-45(50-47)43-28-34-13-3-5-15-36(34)39-18-8-10-20-41(39)43/h1-4,6-9,11-14,16-19,21-29H,5,10,15,20H2. The van der Waals surface area contributed by atoms with Gasteiger partial charge in [0.15, 0.2) is 5.82 Å². The van der Waals surface area contributed by atoms with Crippen LogP contribution in [0.25, 0.3) is 89.6 Å². The first kappa shape index (κ1) is 28.8. The fourth-order valence-corrected chi connectivity index (χ4v) is 8.05. The molecule has 0 aliphatic heterocycles. The molecule has 0 amide bonds. The summed E-state index contributed by atoms with van der Waals surface area (Å²) in [4.78, 5) is 15.5. The number of aromatic nitrogens is 3. The van der Waals surface area contributed by atoms with Crippen molar-refractivity contribution in [2.75, 3.05) is 0 Å². The highest BCUT2D eigenvalue weighted by molar-refractivity contribution is 6.13. The maximum absolute atomic E-state index is 5.38. The number of hydrogen-bond donors (Lipinski definition) is 0. The Kier molecular flexibility index (Phi) is 6.76. The van der Waals surface area contributed by atoms with E-state index in [-0.39, 0.29) is 0 Å². The minimum absolute atomic E-state index is 0.723. The van der Waals surface area contributed by atoms with Crippen LogP contribution in [0.2, 0.25) is 0 Å². The fraction of sp³-hybridized carbons (Fsp3) is 0.0851. The zero-order valence-electron chi connectivity index (χ0n) is 27.6. The summed E-state index contributed by atoms with van der Waals surface area (Å²) in [6.07, 6.45) is 15.4. The van der Waals surface area contributed by atoms with Gasteiger partial charge in [-0.2, -0.15) is 0 Å². The smallest absolute Gasteiger partial charge is 0.160 e. The molecule has 8 aromatic rings. The van der Waals surface area contributed by atoms with Crippen molar-refractivity contribution in [3.05, 3.63) is 162 Å². The third-order valence-corrected chi connectivity index (χ3v) is 10.5. The second-order valence-electron chi connectivity index (χ2n) is 13.4. The molecular formula is C47H33N3. The van der Waals surface area contributed by atoms with Gasteiger partial charge in [-0.1, -0.05) is 121 Å². The van der Waals surface area contributed by atoms with Crippen LogP contribution in [0, 0.1) is 0 Å². The minimum atomic E-state index is 0.723. The zero-order valence-corrected chi connectivity index (χ0v) is 27.6. The average Bonchev–Trinajstić information content (AvgIpc) is 3.20. The fourth-order valence-electron chi connectivity index (χ4n) is 8.05. The van der Waals surface area contributed by atoms with Crippen molar-refractivity contribution in [1.29, 1.82) is 0 Å². The van der Waals surface area contributed by atoms with Crippen molar-refractivity contribution in [3.63, 3.8) is 0 Å². The molecule has 0 bridgehead atoms. The number of allylic oxidation sites excluding steroid dienone is 2. The lowest BCUT2D eigenvalue weighted by Crippen LogP contribution is -2.07. The highest BCUT2D eigenvalue weighted by Crippen LogP contribution is 2.41. The Hall–Kier alpha value is -6.19. The molecule has 10 rings (SSSR count). The molecule has 236 valence electrons. The molecule has 2 aliphatic rings. The van der Waals surface area contributed by atoms with Gasteiger partial charge in [-0.3, -0.25) is 4.98 Å². The summed E-state index contributed by atoms with van der Waals surface area (Å²) in [5, 5.41) is 7.21. The topological polar surface area (TPSA) is 38.7 Å². The van der Waals surface area contributed by atoms with Gasteiger partial charge in [0.25, 0.3) is 0 Å². The second kappa shape index (κ2) is 11.7. The van der Waals surface area contributed by atoms with Gasteiger partial charge >= 0.3 is 0 Å². The third kappa shape index (κ3) is 4.77. The number of nitrogens with zero attached hydrogens (tertiary/aromatic N) is 3. The molecule has 0 saturated heterocycles. The highest BCUT2D eigenvalue weighted by Gasteiger charge is 2.22. The van der Waals surface area contributed by atoms with Gasteiger partial charge in [0.05, 0.1) is 17.1 Å². The van der Waals surface area contributed by atoms with Gasteiger partial charge in [0.2, 0.25) is 0 Å². The van der Waals surface area contributed by atoms with Crippen LogP contribution in [0.15, 0.2) is 140 Å².